The fourth-order valence-corrected chi connectivity index (χ4v) is 4.69. The number of nitrogens with one attached hydrogen (secondary N) is 1. The Morgan fingerprint density at radius 2 is 1.93 bits per heavy atom. The van der Waals surface area contributed by atoms with Gasteiger partial charge in [-0.25, -0.2) is 4.98 Å². The van der Waals surface area contributed by atoms with Gasteiger partial charge in [-0.2, -0.15) is 0 Å². The number of benzene rings is 2. The molecule has 5 aromatic rings. The minimum Gasteiger partial charge on any atom is -0.496 e. The van der Waals surface area contributed by atoms with E-state index in [0.29, 0.717) is 16.9 Å². The first-order valence-electron chi connectivity index (χ1n) is 8.92. The van der Waals surface area contributed by atoms with E-state index in [1.807, 2.05) is 60.1 Å². The second-order valence-electron chi connectivity index (χ2n) is 6.25. The predicted octanol–water partition coefficient (Wildman–Crippen LogP) is 5.64. The molecule has 8 heteroatoms. The van der Waals surface area contributed by atoms with Crippen LogP contribution in [-0.2, 0) is 5.75 Å². The average molecular weight is 421 g/mol. The van der Waals surface area contributed by atoms with Gasteiger partial charge in [-0.3, -0.25) is 0 Å². The van der Waals surface area contributed by atoms with Crippen LogP contribution in [-0.4, -0.2) is 27.3 Å². The lowest BCUT2D eigenvalue weighted by Crippen LogP contribution is -1.87. The Hall–Kier alpha value is -3.10. The highest BCUT2D eigenvalue weighted by Gasteiger charge is 2.15. The van der Waals surface area contributed by atoms with Crippen LogP contribution in [0.2, 0.25) is 0 Å². The molecule has 0 fully saturated rings. The van der Waals surface area contributed by atoms with Gasteiger partial charge < -0.3 is 14.1 Å². The number of H-pyrrole nitrogens is 1. The zero-order chi connectivity index (χ0) is 19.6. The summed E-state index contributed by atoms with van der Waals surface area (Å²) in [4.78, 5) is 7.95. The van der Waals surface area contributed by atoms with Gasteiger partial charge in [0.25, 0.3) is 11.1 Å². The highest BCUT2D eigenvalue weighted by molar-refractivity contribution is 7.98. The molecular formula is C21H16N4O2S2. The summed E-state index contributed by atoms with van der Waals surface area (Å²) in [5.74, 6) is 1.99. The van der Waals surface area contributed by atoms with Crippen molar-refractivity contribution in [3.8, 4) is 27.8 Å². The van der Waals surface area contributed by atoms with Crippen LogP contribution < -0.4 is 4.74 Å². The van der Waals surface area contributed by atoms with Crippen LogP contribution in [0.4, 0.5) is 0 Å². The Balaban J connectivity index is 1.31. The van der Waals surface area contributed by atoms with Crippen molar-refractivity contribution in [3.63, 3.8) is 0 Å². The fourth-order valence-electron chi connectivity index (χ4n) is 3.08. The molecule has 0 bridgehead atoms. The van der Waals surface area contributed by atoms with Gasteiger partial charge in [-0.05, 0) is 18.2 Å². The minimum atomic E-state index is 0.512. The SMILES string of the molecule is COc1ccccc1-c1nc(CSc2nnc(-c3c[nH]c4ccccc34)o2)cs1. The molecule has 3 heterocycles. The van der Waals surface area contributed by atoms with E-state index >= 15 is 0 Å². The third-order valence-electron chi connectivity index (χ3n) is 4.46. The van der Waals surface area contributed by atoms with E-state index < -0.39 is 0 Å². The van der Waals surface area contributed by atoms with Gasteiger partial charge in [0.2, 0.25) is 0 Å². The van der Waals surface area contributed by atoms with Crippen molar-refractivity contribution in [2.45, 2.75) is 11.0 Å². The van der Waals surface area contributed by atoms with Crippen LogP contribution in [0.25, 0.3) is 32.9 Å². The van der Waals surface area contributed by atoms with Crippen LogP contribution in [0.5, 0.6) is 5.75 Å². The van der Waals surface area contributed by atoms with Crippen LogP contribution in [0, 0.1) is 0 Å². The number of thiazole rings is 1. The van der Waals surface area contributed by atoms with Gasteiger partial charge in [0.05, 0.1) is 23.9 Å². The Bertz CT molecular complexity index is 1270. The molecule has 0 saturated heterocycles. The van der Waals surface area contributed by atoms with Crippen molar-refractivity contribution in [2.75, 3.05) is 7.11 Å². The number of aromatic amines is 1. The van der Waals surface area contributed by atoms with Gasteiger partial charge in [-0.15, -0.1) is 21.5 Å². The molecular weight excluding hydrogens is 404 g/mol. The topological polar surface area (TPSA) is 76.8 Å². The number of fused-ring (bicyclic) bond motifs is 1. The van der Waals surface area contributed by atoms with Crippen LogP contribution in [0.15, 0.2) is 69.7 Å². The molecule has 0 unspecified atom stereocenters. The first-order valence-corrected chi connectivity index (χ1v) is 10.8. The maximum Gasteiger partial charge on any atom is 0.277 e. The lowest BCUT2D eigenvalue weighted by molar-refractivity contribution is 0.416. The normalized spacial score (nSPS) is 11.2. The van der Waals surface area contributed by atoms with Crippen LogP contribution in [0.3, 0.4) is 0 Å². The lowest BCUT2D eigenvalue weighted by atomic mass is 10.2. The molecule has 0 aliphatic heterocycles. The number of ether oxygens (including phenoxy) is 1. The summed E-state index contributed by atoms with van der Waals surface area (Å²) in [6.07, 6.45) is 1.90. The molecule has 144 valence electrons. The van der Waals surface area contributed by atoms with E-state index in [9.17, 15) is 0 Å². The summed E-state index contributed by atoms with van der Waals surface area (Å²) in [7, 11) is 1.67. The maximum absolute atomic E-state index is 5.86. The quantitative estimate of drug-likeness (QED) is 0.358. The molecule has 1 N–H and O–H groups in total. The van der Waals surface area contributed by atoms with Crippen molar-refractivity contribution in [3.05, 3.63) is 65.8 Å². The molecule has 0 radical (unpaired) electrons. The predicted molar refractivity (Wildman–Crippen MR) is 115 cm³/mol. The van der Waals surface area contributed by atoms with Crippen LogP contribution >= 0.6 is 23.1 Å². The summed E-state index contributed by atoms with van der Waals surface area (Å²) in [5.41, 5.74) is 3.91. The maximum atomic E-state index is 5.86. The molecule has 0 amide bonds. The van der Waals surface area contributed by atoms with Crippen molar-refractivity contribution in [1.29, 1.82) is 0 Å². The molecule has 6 nitrogen and oxygen atoms in total. The Morgan fingerprint density at radius 3 is 2.86 bits per heavy atom. The average Bonchev–Trinajstić information content (AvgIpc) is 3.51. The molecule has 0 saturated carbocycles. The molecule has 0 spiro atoms. The molecule has 0 aliphatic rings. The number of hydrogen-bond donors (Lipinski definition) is 1. The second-order valence-corrected chi connectivity index (χ2v) is 8.04. The van der Waals surface area contributed by atoms with Crippen molar-refractivity contribution in [1.82, 2.24) is 20.2 Å². The highest BCUT2D eigenvalue weighted by Crippen LogP contribution is 2.34. The van der Waals surface area contributed by atoms with Crippen molar-refractivity contribution in [2.24, 2.45) is 0 Å². The number of aromatic nitrogens is 4. The van der Waals surface area contributed by atoms with E-state index in [0.717, 1.165) is 38.5 Å². The van der Waals surface area contributed by atoms with Crippen molar-refractivity contribution < 1.29 is 9.15 Å². The van der Waals surface area contributed by atoms with E-state index in [2.05, 4.69) is 15.2 Å². The fraction of sp³-hybridized carbons (Fsp3) is 0.0952. The number of nitrogens with zero attached hydrogens (tertiary/aromatic N) is 3. The molecule has 29 heavy (non-hydrogen) atoms. The Kier molecular flexibility index (Phi) is 4.79. The molecule has 2 aromatic carbocycles. The number of hydrogen-bond acceptors (Lipinski definition) is 7. The van der Waals surface area contributed by atoms with Gasteiger partial charge in [0.1, 0.15) is 10.8 Å². The molecule has 0 aliphatic carbocycles. The summed E-state index contributed by atoms with van der Waals surface area (Å²) in [5, 5.41) is 12.9. The summed E-state index contributed by atoms with van der Waals surface area (Å²) >= 11 is 3.07. The molecule has 3 aromatic heterocycles. The third kappa shape index (κ3) is 3.52. The first-order chi connectivity index (χ1) is 14.3. The Morgan fingerprint density at radius 1 is 1.07 bits per heavy atom. The highest BCUT2D eigenvalue weighted by atomic mass is 32.2. The number of para-hydroxylation sites is 2. The van der Waals surface area contributed by atoms with Gasteiger partial charge in [0.15, 0.2) is 0 Å². The largest absolute Gasteiger partial charge is 0.496 e. The van der Waals surface area contributed by atoms with Gasteiger partial charge in [-0.1, -0.05) is 42.1 Å². The zero-order valence-electron chi connectivity index (χ0n) is 15.5. The number of rotatable bonds is 6. The monoisotopic (exact) mass is 420 g/mol. The van der Waals surface area contributed by atoms with E-state index in [-0.39, 0.29) is 0 Å². The number of thioether (sulfide) groups is 1. The smallest absolute Gasteiger partial charge is 0.277 e. The molecule has 5 rings (SSSR count). The summed E-state index contributed by atoms with van der Waals surface area (Å²) in [6.45, 7) is 0. The number of methoxy groups -OCH3 is 1. The second kappa shape index (κ2) is 7.73. The summed E-state index contributed by atoms with van der Waals surface area (Å²) in [6, 6.07) is 15.9. The third-order valence-corrected chi connectivity index (χ3v) is 6.24. The van der Waals surface area contributed by atoms with Gasteiger partial charge >= 0.3 is 0 Å². The standard InChI is InChI=1S/C21H16N4O2S2/c1-26-18-9-5-3-7-15(18)20-23-13(11-28-20)12-29-21-25-24-19(27-21)16-10-22-17-8-4-2-6-14(16)17/h2-11,22H,12H2,1H3. The zero-order valence-corrected chi connectivity index (χ0v) is 17.1. The lowest BCUT2D eigenvalue weighted by Gasteiger charge is -2.04. The minimum absolute atomic E-state index is 0.512. The van der Waals surface area contributed by atoms with E-state index in [1.54, 1.807) is 18.4 Å². The first kappa shape index (κ1) is 18.0. The van der Waals surface area contributed by atoms with Crippen molar-refractivity contribution >= 4 is 34.0 Å². The summed E-state index contributed by atoms with van der Waals surface area (Å²) < 4.78 is 11.3. The Labute approximate surface area is 175 Å². The van der Waals surface area contributed by atoms with Gasteiger partial charge in [0, 0.05) is 28.2 Å². The van der Waals surface area contributed by atoms with Crippen LogP contribution in [0.1, 0.15) is 5.69 Å². The van der Waals surface area contributed by atoms with E-state index in [4.69, 9.17) is 14.1 Å². The van der Waals surface area contributed by atoms with E-state index in [1.165, 1.54) is 11.8 Å². The molecule has 0 atom stereocenters.